The highest BCUT2D eigenvalue weighted by Crippen LogP contribution is 2.34. The number of amides is 1. The quantitative estimate of drug-likeness (QED) is 0.822. The predicted octanol–water partition coefficient (Wildman–Crippen LogP) is 3.67. The Morgan fingerprint density at radius 3 is 2.52 bits per heavy atom. The van der Waals surface area contributed by atoms with Crippen molar-refractivity contribution >= 4 is 11.6 Å². The van der Waals surface area contributed by atoms with E-state index in [1.54, 1.807) is 12.1 Å². The van der Waals surface area contributed by atoms with Crippen LogP contribution in [0.3, 0.4) is 0 Å². The molecule has 0 aliphatic heterocycles. The van der Waals surface area contributed by atoms with E-state index < -0.39 is 5.91 Å². The van der Waals surface area contributed by atoms with E-state index in [4.69, 9.17) is 16.2 Å². The number of carbonyl (C=O) groups excluding carboxylic acids is 1. The van der Waals surface area contributed by atoms with Gasteiger partial charge in [0.1, 0.15) is 11.5 Å². The second-order valence-electron chi connectivity index (χ2n) is 5.07. The van der Waals surface area contributed by atoms with Gasteiger partial charge in [0.05, 0.1) is 5.69 Å². The Kier molecular flexibility index (Phi) is 4.48. The van der Waals surface area contributed by atoms with Crippen molar-refractivity contribution in [1.29, 1.82) is 0 Å². The van der Waals surface area contributed by atoms with Crippen LogP contribution in [0.15, 0.2) is 42.5 Å². The zero-order valence-corrected chi connectivity index (χ0v) is 12.3. The van der Waals surface area contributed by atoms with Crippen molar-refractivity contribution in [1.82, 2.24) is 0 Å². The van der Waals surface area contributed by atoms with E-state index in [-0.39, 0.29) is 0 Å². The summed E-state index contributed by atoms with van der Waals surface area (Å²) < 4.78 is 5.92. The third-order valence-corrected chi connectivity index (χ3v) is 3.58. The van der Waals surface area contributed by atoms with Crippen LogP contribution < -0.4 is 16.2 Å². The van der Waals surface area contributed by atoms with Gasteiger partial charge in [0.25, 0.3) is 0 Å². The zero-order chi connectivity index (χ0) is 15.4. The third-order valence-electron chi connectivity index (χ3n) is 3.58. The van der Waals surface area contributed by atoms with Crippen molar-refractivity contribution in [3.8, 4) is 11.5 Å². The molecule has 0 spiro atoms. The molecule has 0 saturated heterocycles. The van der Waals surface area contributed by atoms with Gasteiger partial charge < -0.3 is 16.2 Å². The van der Waals surface area contributed by atoms with Crippen molar-refractivity contribution < 1.29 is 9.53 Å². The van der Waals surface area contributed by atoms with Crippen molar-refractivity contribution in [2.45, 2.75) is 26.2 Å². The summed E-state index contributed by atoms with van der Waals surface area (Å²) in [6.07, 6.45) is 1.02. The third kappa shape index (κ3) is 3.34. The van der Waals surface area contributed by atoms with Crippen LogP contribution in [0.4, 0.5) is 5.69 Å². The fourth-order valence-electron chi connectivity index (χ4n) is 2.11. The maximum Gasteiger partial charge on any atom is 0.248 e. The summed E-state index contributed by atoms with van der Waals surface area (Å²) in [6.45, 7) is 4.29. The maximum atomic E-state index is 11.1. The average molecular weight is 284 g/mol. The molecule has 1 unspecified atom stereocenters. The lowest BCUT2D eigenvalue weighted by Crippen LogP contribution is -2.11. The first kappa shape index (κ1) is 14.9. The van der Waals surface area contributed by atoms with E-state index in [1.807, 2.05) is 18.2 Å². The first-order valence-corrected chi connectivity index (χ1v) is 6.99. The number of hydrogen-bond donors (Lipinski definition) is 2. The second-order valence-corrected chi connectivity index (χ2v) is 5.07. The number of hydrogen-bond acceptors (Lipinski definition) is 3. The van der Waals surface area contributed by atoms with Gasteiger partial charge in [-0.2, -0.15) is 0 Å². The molecular weight excluding hydrogens is 264 g/mol. The van der Waals surface area contributed by atoms with Gasteiger partial charge in [0.2, 0.25) is 5.91 Å². The van der Waals surface area contributed by atoms with Gasteiger partial charge in [-0.25, -0.2) is 0 Å². The van der Waals surface area contributed by atoms with Crippen LogP contribution in [-0.2, 0) is 0 Å². The molecule has 1 amide bonds. The summed E-state index contributed by atoms with van der Waals surface area (Å²) in [5.41, 5.74) is 13.1. The van der Waals surface area contributed by atoms with Crippen LogP contribution in [0.25, 0.3) is 0 Å². The number of anilines is 1. The summed E-state index contributed by atoms with van der Waals surface area (Å²) in [5.74, 6) is 1.20. The Bertz CT molecular complexity index is 653. The van der Waals surface area contributed by atoms with Crippen LogP contribution in [0.2, 0.25) is 0 Å². The highest BCUT2D eigenvalue weighted by molar-refractivity contribution is 5.94. The summed E-state index contributed by atoms with van der Waals surface area (Å²) in [6, 6.07) is 12.7. The normalized spacial score (nSPS) is 11.9. The average Bonchev–Trinajstić information content (AvgIpc) is 2.49. The molecule has 21 heavy (non-hydrogen) atoms. The fraction of sp³-hybridized carbons (Fsp3) is 0.235. The van der Waals surface area contributed by atoms with Gasteiger partial charge in [-0.3, -0.25) is 4.79 Å². The minimum absolute atomic E-state index is 0.370. The molecule has 0 radical (unpaired) electrons. The van der Waals surface area contributed by atoms with Crippen LogP contribution in [-0.4, -0.2) is 5.91 Å². The van der Waals surface area contributed by atoms with Crippen LogP contribution in [0.5, 0.6) is 11.5 Å². The summed E-state index contributed by atoms with van der Waals surface area (Å²) >= 11 is 0. The van der Waals surface area contributed by atoms with Gasteiger partial charge in [-0.05, 0) is 42.2 Å². The number of carbonyl (C=O) groups is 1. The predicted molar refractivity (Wildman–Crippen MR) is 84.6 cm³/mol. The van der Waals surface area contributed by atoms with E-state index in [9.17, 15) is 4.79 Å². The molecule has 110 valence electrons. The van der Waals surface area contributed by atoms with Crippen LogP contribution in [0, 0.1) is 0 Å². The number of nitrogens with two attached hydrogens (primary N) is 2. The number of benzene rings is 2. The lowest BCUT2D eigenvalue weighted by Gasteiger charge is -2.16. The van der Waals surface area contributed by atoms with Gasteiger partial charge >= 0.3 is 0 Å². The first-order valence-electron chi connectivity index (χ1n) is 6.99. The fourth-order valence-corrected chi connectivity index (χ4v) is 2.11. The maximum absolute atomic E-state index is 11.1. The Morgan fingerprint density at radius 1 is 1.19 bits per heavy atom. The highest BCUT2D eigenvalue weighted by Gasteiger charge is 2.12. The van der Waals surface area contributed by atoms with E-state index in [2.05, 4.69) is 19.9 Å². The van der Waals surface area contributed by atoms with E-state index in [0.717, 1.165) is 17.7 Å². The number of primary amides is 1. The topological polar surface area (TPSA) is 78.3 Å². The summed E-state index contributed by atoms with van der Waals surface area (Å²) in [5, 5.41) is 0. The molecule has 0 aliphatic carbocycles. The Morgan fingerprint density at radius 2 is 1.90 bits per heavy atom. The van der Waals surface area contributed by atoms with Crippen molar-refractivity contribution in [3.63, 3.8) is 0 Å². The van der Waals surface area contributed by atoms with Crippen molar-refractivity contribution in [3.05, 3.63) is 53.6 Å². The number of ether oxygens (including phenoxy) is 1. The van der Waals surface area contributed by atoms with Gasteiger partial charge in [-0.1, -0.05) is 32.0 Å². The van der Waals surface area contributed by atoms with Gasteiger partial charge in [0, 0.05) is 5.56 Å². The smallest absolute Gasteiger partial charge is 0.248 e. The summed E-state index contributed by atoms with van der Waals surface area (Å²) in [4.78, 5) is 11.1. The van der Waals surface area contributed by atoms with Gasteiger partial charge in [-0.15, -0.1) is 0 Å². The molecule has 0 aliphatic rings. The molecule has 2 aromatic rings. The SMILES string of the molecule is CCC(C)c1ccccc1Oc1ccc(C(N)=O)cc1N. The van der Waals surface area contributed by atoms with Gasteiger partial charge in [0.15, 0.2) is 0 Å². The molecule has 0 aromatic heterocycles. The minimum atomic E-state index is -0.506. The minimum Gasteiger partial charge on any atom is -0.455 e. The standard InChI is InChI=1S/C17H20N2O2/c1-3-11(2)13-6-4-5-7-15(13)21-16-9-8-12(17(19)20)10-14(16)18/h4-11H,3,18H2,1-2H3,(H2,19,20). The van der Waals surface area contributed by atoms with Crippen molar-refractivity contribution in [2.24, 2.45) is 5.73 Å². The molecule has 0 saturated carbocycles. The lowest BCUT2D eigenvalue weighted by molar-refractivity contribution is 0.100. The zero-order valence-electron chi connectivity index (χ0n) is 12.3. The molecule has 2 rings (SSSR count). The van der Waals surface area contributed by atoms with Crippen LogP contribution >= 0.6 is 0 Å². The highest BCUT2D eigenvalue weighted by atomic mass is 16.5. The van der Waals surface area contributed by atoms with Crippen LogP contribution in [0.1, 0.15) is 42.1 Å². The number of nitrogen functional groups attached to an aromatic ring is 1. The molecule has 0 heterocycles. The van der Waals surface area contributed by atoms with E-state index >= 15 is 0 Å². The number of para-hydroxylation sites is 1. The van der Waals surface area contributed by atoms with Crippen molar-refractivity contribution in [2.75, 3.05) is 5.73 Å². The Hall–Kier alpha value is -2.49. The van der Waals surface area contributed by atoms with E-state index in [1.165, 1.54) is 6.07 Å². The Labute approximate surface area is 124 Å². The molecule has 1 atom stereocenters. The second kappa shape index (κ2) is 6.31. The molecule has 4 heteroatoms. The largest absolute Gasteiger partial charge is 0.455 e. The lowest BCUT2D eigenvalue weighted by atomic mass is 9.98. The monoisotopic (exact) mass is 284 g/mol. The summed E-state index contributed by atoms with van der Waals surface area (Å²) in [7, 11) is 0. The molecule has 0 bridgehead atoms. The molecular formula is C17H20N2O2. The number of rotatable bonds is 5. The molecule has 4 N–H and O–H groups in total. The molecule has 2 aromatic carbocycles. The Balaban J connectivity index is 2.33. The molecule has 4 nitrogen and oxygen atoms in total. The van der Waals surface area contributed by atoms with E-state index in [0.29, 0.717) is 22.9 Å². The first-order chi connectivity index (χ1) is 10.0. The molecule has 0 fully saturated rings.